The van der Waals surface area contributed by atoms with Crippen molar-refractivity contribution in [2.45, 2.75) is 26.4 Å². The first kappa shape index (κ1) is 10.9. The normalized spacial score (nSPS) is 12.1. The highest BCUT2D eigenvalue weighted by atomic mass is 32.1. The van der Waals surface area contributed by atoms with E-state index in [1.54, 1.807) is 18.3 Å². The Bertz CT molecular complexity index is 328. The largest absolute Gasteiger partial charge is 0.475 e. The van der Waals surface area contributed by atoms with E-state index < -0.39 is 0 Å². The molecule has 0 radical (unpaired) electrons. The third-order valence-corrected chi connectivity index (χ3v) is 2.15. The van der Waals surface area contributed by atoms with E-state index in [-0.39, 0.29) is 6.10 Å². The fourth-order valence-electron chi connectivity index (χ4n) is 0.917. The van der Waals surface area contributed by atoms with E-state index >= 15 is 0 Å². The standard InChI is InChI=1S/C10H14N2OS/c1-3-7(2)13-9-6-8(10(11)14)4-5-12-9/h4-7H,3H2,1-2H3,(H2,11,14). The molecule has 0 amide bonds. The molecule has 0 saturated heterocycles. The van der Waals surface area contributed by atoms with E-state index in [2.05, 4.69) is 11.9 Å². The minimum Gasteiger partial charge on any atom is -0.475 e. The Morgan fingerprint density at radius 1 is 1.71 bits per heavy atom. The van der Waals surface area contributed by atoms with E-state index in [1.165, 1.54) is 0 Å². The van der Waals surface area contributed by atoms with Crippen molar-refractivity contribution in [1.29, 1.82) is 0 Å². The van der Waals surface area contributed by atoms with Crippen molar-refractivity contribution in [2.24, 2.45) is 5.73 Å². The molecule has 1 rings (SSSR count). The lowest BCUT2D eigenvalue weighted by atomic mass is 10.2. The molecule has 0 aromatic carbocycles. The number of pyridine rings is 1. The lowest BCUT2D eigenvalue weighted by molar-refractivity contribution is 0.208. The molecule has 1 atom stereocenters. The Hall–Kier alpha value is -1.16. The molecule has 3 nitrogen and oxygen atoms in total. The van der Waals surface area contributed by atoms with Crippen molar-refractivity contribution >= 4 is 17.2 Å². The average molecular weight is 210 g/mol. The summed E-state index contributed by atoms with van der Waals surface area (Å²) in [6.45, 7) is 4.05. The Balaban J connectivity index is 2.78. The van der Waals surface area contributed by atoms with Crippen molar-refractivity contribution < 1.29 is 4.74 Å². The smallest absolute Gasteiger partial charge is 0.214 e. The van der Waals surface area contributed by atoms with Crippen molar-refractivity contribution in [2.75, 3.05) is 0 Å². The highest BCUT2D eigenvalue weighted by Gasteiger charge is 2.04. The minimum atomic E-state index is 0.157. The minimum absolute atomic E-state index is 0.157. The number of nitrogens with zero attached hydrogens (tertiary/aromatic N) is 1. The molecule has 0 bridgehead atoms. The first-order valence-corrected chi connectivity index (χ1v) is 4.96. The van der Waals surface area contributed by atoms with Crippen LogP contribution in [0.2, 0.25) is 0 Å². The summed E-state index contributed by atoms with van der Waals surface area (Å²) in [6.07, 6.45) is 2.75. The predicted molar refractivity (Wildman–Crippen MR) is 60.5 cm³/mol. The molecule has 0 fully saturated rings. The summed E-state index contributed by atoms with van der Waals surface area (Å²) in [7, 11) is 0. The van der Waals surface area contributed by atoms with Crippen LogP contribution in [0.3, 0.4) is 0 Å². The Morgan fingerprint density at radius 3 is 3.00 bits per heavy atom. The van der Waals surface area contributed by atoms with E-state index in [0.717, 1.165) is 12.0 Å². The van der Waals surface area contributed by atoms with E-state index in [9.17, 15) is 0 Å². The molecule has 1 aromatic rings. The Labute approximate surface area is 89.3 Å². The summed E-state index contributed by atoms with van der Waals surface area (Å²) in [6, 6.07) is 3.53. The molecule has 1 unspecified atom stereocenters. The van der Waals surface area contributed by atoms with Gasteiger partial charge in [0.25, 0.3) is 0 Å². The van der Waals surface area contributed by atoms with Gasteiger partial charge in [-0.25, -0.2) is 4.98 Å². The van der Waals surface area contributed by atoms with Gasteiger partial charge in [0.2, 0.25) is 5.88 Å². The predicted octanol–water partition coefficient (Wildman–Crippen LogP) is 1.89. The van der Waals surface area contributed by atoms with Crippen LogP contribution in [0.4, 0.5) is 0 Å². The second-order valence-electron chi connectivity index (χ2n) is 3.08. The van der Waals surface area contributed by atoms with Gasteiger partial charge in [-0.3, -0.25) is 0 Å². The number of rotatable bonds is 4. The summed E-state index contributed by atoms with van der Waals surface area (Å²) in [5.41, 5.74) is 6.28. The Morgan fingerprint density at radius 2 is 2.43 bits per heavy atom. The molecule has 0 aliphatic rings. The quantitative estimate of drug-likeness (QED) is 0.771. The zero-order valence-electron chi connectivity index (χ0n) is 8.36. The molecule has 2 N–H and O–H groups in total. The van der Waals surface area contributed by atoms with Crippen LogP contribution in [0.15, 0.2) is 18.3 Å². The molecule has 4 heteroatoms. The van der Waals surface area contributed by atoms with Gasteiger partial charge in [-0.2, -0.15) is 0 Å². The SMILES string of the molecule is CCC(C)Oc1cc(C(N)=S)ccn1. The molecule has 14 heavy (non-hydrogen) atoms. The van der Waals surface area contributed by atoms with E-state index in [0.29, 0.717) is 10.9 Å². The van der Waals surface area contributed by atoms with Gasteiger partial charge in [-0.05, 0) is 19.4 Å². The zero-order chi connectivity index (χ0) is 10.6. The molecule has 1 aromatic heterocycles. The van der Waals surface area contributed by atoms with Gasteiger partial charge < -0.3 is 10.5 Å². The molecule has 1 heterocycles. The first-order chi connectivity index (χ1) is 6.63. The molecule has 76 valence electrons. The third kappa shape index (κ3) is 2.96. The third-order valence-electron chi connectivity index (χ3n) is 1.92. The van der Waals surface area contributed by atoms with Crippen molar-refractivity contribution in [1.82, 2.24) is 4.98 Å². The summed E-state index contributed by atoms with van der Waals surface area (Å²) >= 11 is 4.86. The highest BCUT2D eigenvalue weighted by molar-refractivity contribution is 7.80. The molecule has 0 saturated carbocycles. The second kappa shape index (κ2) is 4.91. The lowest BCUT2D eigenvalue weighted by Gasteiger charge is -2.11. The topological polar surface area (TPSA) is 48.1 Å². The maximum absolute atomic E-state index is 5.53. The van der Waals surface area contributed by atoms with Gasteiger partial charge in [0, 0.05) is 17.8 Å². The van der Waals surface area contributed by atoms with Crippen LogP contribution < -0.4 is 10.5 Å². The monoisotopic (exact) mass is 210 g/mol. The molecular weight excluding hydrogens is 196 g/mol. The van der Waals surface area contributed by atoms with Crippen molar-refractivity contribution in [3.05, 3.63) is 23.9 Å². The molecule has 0 spiro atoms. The Kier molecular flexibility index (Phi) is 3.83. The average Bonchev–Trinajstić information content (AvgIpc) is 2.18. The van der Waals surface area contributed by atoms with Crippen molar-refractivity contribution in [3.8, 4) is 5.88 Å². The van der Waals surface area contributed by atoms with Gasteiger partial charge in [0.15, 0.2) is 0 Å². The number of nitrogens with two attached hydrogens (primary N) is 1. The van der Waals surface area contributed by atoms with Crippen LogP contribution in [0, 0.1) is 0 Å². The van der Waals surface area contributed by atoms with Crippen LogP contribution in [0.5, 0.6) is 5.88 Å². The fourth-order valence-corrected chi connectivity index (χ4v) is 1.04. The summed E-state index contributed by atoms with van der Waals surface area (Å²) in [4.78, 5) is 4.43. The first-order valence-electron chi connectivity index (χ1n) is 4.56. The highest BCUT2D eigenvalue weighted by Crippen LogP contribution is 2.11. The maximum atomic E-state index is 5.53. The zero-order valence-corrected chi connectivity index (χ0v) is 9.17. The second-order valence-corrected chi connectivity index (χ2v) is 3.52. The van der Waals surface area contributed by atoms with Crippen LogP contribution in [0.1, 0.15) is 25.8 Å². The summed E-state index contributed by atoms with van der Waals surface area (Å²) < 4.78 is 5.53. The fraction of sp³-hybridized carbons (Fsp3) is 0.400. The van der Waals surface area contributed by atoms with Gasteiger partial charge in [-0.1, -0.05) is 19.1 Å². The van der Waals surface area contributed by atoms with Gasteiger partial charge in [0.1, 0.15) is 4.99 Å². The van der Waals surface area contributed by atoms with Crippen LogP contribution in [-0.2, 0) is 0 Å². The molecule has 0 aliphatic heterocycles. The van der Waals surface area contributed by atoms with Crippen LogP contribution in [-0.4, -0.2) is 16.1 Å². The number of aromatic nitrogens is 1. The van der Waals surface area contributed by atoms with Crippen molar-refractivity contribution in [3.63, 3.8) is 0 Å². The lowest BCUT2D eigenvalue weighted by Crippen LogP contribution is -2.13. The number of ether oxygens (including phenoxy) is 1. The van der Waals surface area contributed by atoms with E-state index in [1.807, 2.05) is 6.92 Å². The van der Waals surface area contributed by atoms with Crippen LogP contribution in [0.25, 0.3) is 0 Å². The number of thiocarbonyl (C=S) groups is 1. The molecule has 0 aliphatic carbocycles. The summed E-state index contributed by atoms with van der Waals surface area (Å²) in [5.74, 6) is 0.574. The number of hydrogen-bond donors (Lipinski definition) is 1. The van der Waals surface area contributed by atoms with Gasteiger partial charge >= 0.3 is 0 Å². The summed E-state index contributed by atoms with van der Waals surface area (Å²) in [5, 5.41) is 0. The maximum Gasteiger partial charge on any atom is 0.214 e. The van der Waals surface area contributed by atoms with Crippen LogP contribution >= 0.6 is 12.2 Å². The van der Waals surface area contributed by atoms with Gasteiger partial charge in [-0.15, -0.1) is 0 Å². The number of hydrogen-bond acceptors (Lipinski definition) is 3. The molecular formula is C10H14N2OS. The van der Waals surface area contributed by atoms with E-state index in [4.69, 9.17) is 22.7 Å². The van der Waals surface area contributed by atoms with Gasteiger partial charge in [0.05, 0.1) is 6.10 Å².